The second kappa shape index (κ2) is 4.81. The number of fused-ring (bicyclic) bond motifs is 1. The van der Waals surface area contributed by atoms with E-state index >= 15 is 0 Å². The van der Waals surface area contributed by atoms with Crippen molar-refractivity contribution in [2.45, 2.75) is 32.6 Å². The molecule has 2 rings (SSSR count). The molecule has 0 spiro atoms. The first-order chi connectivity index (χ1) is 8.49. The highest BCUT2D eigenvalue weighted by Gasteiger charge is 2.13. The maximum absolute atomic E-state index is 11.0. The molecule has 0 aromatic heterocycles. The summed E-state index contributed by atoms with van der Waals surface area (Å²) in [6, 6.07) is 12.2. The Morgan fingerprint density at radius 2 is 1.44 bits per heavy atom. The van der Waals surface area contributed by atoms with E-state index in [-0.39, 0.29) is 0 Å². The molecule has 0 fully saturated rings. The molecule has 1 N–H and O–H groups in total. The number of carbonyl (C=O) groups is 1. The van der Waals surface area contributed by atoms with E-state index in [0.29, 0.717) is 5.92 Å². The van der Waals surface area contributed by atoms with Crippen LogP contribution in [0.15, 0.2) is 36.4 Å². The van der Waals surface area contributed by atoms with Crippen molar-refractivity contribution in [2.75, 3.05) is 0 Å². The van der Waals surface area contributed by atoms with Crippen molar-refractivity contribution < 1.29 is 9.90 Å². The molecule has 18 heavy (non-hydrogen) atoms. The lowest BCUT2D eigenvalue weighted by Gasteiger charge is -2.10. The van der Waals surface area contributed by atoms with Crippen LogP contribution in [0.3, 0.4) is 0 Å². The van der Waals surface area contributed by atoms with Crippen molar-refractivity contribution >= 4 is 16.7 Å². The van der Waals surface area contributed by atoms with Crippen LogP contribution in [-0.4, -0.2) is 11.1 Å². The topological polar surface area (TPSA) is 37.3 Å². The number of rotatable bonds is 3. The SMILES string of the molecule is CC(C)c1ccc2cc(C(C)C(=O)O)ccc2c1. The molecule has 0 aliphatic rings. The molecule has 1 unspecified atom stereocenters. The van der Waals surface area contributed by atoms with Crippen molar-refractivity contribution in [1.29, 1.82) is 0 Å². The Bertz CT molecular complexity index is 585. The van der Waals surface area contributed by atoms with Crippen LogP contribution < -0.4 is 0 Å². The lowest BCUT2D eigenvalue weighted by molar-refractivity contribution is -0.138. The monoisotopic (exact) mass is 242 g/mol. The van der Waals surface area contributed by atoms with Crippen molar-refractivity contribution in [3.63, 3.8) is 0 Å². The van der Waals surface area contributed by atoms with Gasteiger partial charge >= 0.3 is 5.97 Å². The van der Waals surface area contributed by atoms with Crippen LogP contribution in [-0.2, 0) is 4.79 Å². The Hall–Kier alpha value is -1.83. The summed E-state index contributed by atoms with van der Waals surface area (Å²) >= 11 is 0. The summed E-state index contributed by atoms with van der Waals surface area (Å²) in [5.74, 6) is -0.737. The largest absolute Gasteiger partial charge is 0.481 e. The van der Waals surface area contributed by atoms with E-state index in [1.165, 1.54) is 10.9 Å². The predicted octanol–water partition coefficient (Wildman–Crippen LogP) is 4.15. The average Bonchev–Trinajstić information content (AvgIpc) is 2.36. The number of benzene rings is 2. The minimum Gasteiger partial charge on any atom is -0.481 e. The number of hydrogen-bond acceptors (Lipinski definition) is 1. The molecule has 2 aromatic rings. The highest BCUT2D eigenvalue weighted by Crippen LogP contribution is 2.25. The van der Waals surface area contributed by atoms with E-state index in [4.69, 9.17) is 5.11 Å². The molecule has 2 aromatic carbocycles. The fourth-order valence-electron chi connectivity index (χ4n) is 2.05. The smallest absolute Gasteiger partial charge is 0.310 e. The van der Waals surface area contributed by atoms with Gasteiger partial charge in [-0.15, -0.1) is 0 Å². The van der Waals surface area contributed by atoms with Gasteiger partial charge in [0.2, 0.25) is 0 Å². The van der Waals surface area contributed by atoms with Crippen LogP contribution >= 0.6 is 0 Å². The molecule has 2 heteroatoms. The van der Waals surface area contributed by atoms with Gasteiger partial charge in [-0.05, 0) is 34.7 Å². The second-order valence-corrected chi connectivity index (χ2v) is 5.08. The molecule has 2 nitrogen and oxygen atoms in total. The normalized spacial score (nSPS) is 12.9. The summed E-state index contributed by atoms with van der Waals surface area (Å²) < 4.78 is 0. The molecule has 0 aliphatic heterocycles. The molecule has 0 saturated carbocycles. The fraction of sp³-hybridized carbons (Fsp3) is 0.312. The molecule has 0 heterocycles. The highest BCUT2D eigenvalue weighted by molar-refractivity contribution is 5.86. The first-order valence-corrected chi connectivity index (χ1v) is 6.25. The summed E-state index contributed by atoms with van der Waals surface area (Å²) in [6.45, 7) is 6.05. The zero-order chi connectivity index (χ0) is 13.3. The Morgan fingerprint density at radius 1 is 0.944 bits per heavy atom. The maximum atomic E-state index is 11.0. The van der Waals surface area contributed by atoms with E-state index in [1.807, 2.05) is 18.2 Å². The molecule has 1 atom stereocenters. The quantitative estimate of drug-likeness (QED) is 0.877. The molecule has 94 valence electrons. The van der Waals surface area contributed by atoms with Gasteiger partial charge in [0.1, 0.15) is 0 Å². The maximum Gasteiger partial charge on any atom is 0.310 e. The van der Waals surface area contributed by atoms with Crippen LogP contribution in [0.1, 0.15) is 43.7 Å². The van der Waals surface area contributed by atoms with E-state index in [1.54, 1.807) is 6.92 Å². The lowest BCUT2D eigenvalue weighted by atomic mass is 9.95. The van der Waals surface area contributed by atoms with E-state index in [9.17, 15) is 4.79 Å². The minimum atomic E-state index is -0.784. The number of aliphatic carboxylic acids is 1. The van der Waals surface area contributed by atoms with Gasteiger partial charge in [-0.25, -0.2) is 0 Å². The van der Waals surface area contributed by atoms with Crippen LogP contribution in [0.2, 0.25) is 0 Å². The van der Waals surface area contributed by atoms with Crippen molar-refractivity contribution in [1.82, 2.24) is 0 Å². The van der Waals surface area contributed by atoms with Gasteiger partial charge in [-0.3, -0.25) is 4.79 Å². The standard InChI is InChI=1S/C16H18O2/c1-10(2)12-4-6-15-9-13(11(3)16(17)18)5-7-14(15)8-12/h4-11H,1-3H3,(H,17,18). The highest BCUT2D eigenvalue weighted by atomic mass is 16.4. The van der Waals surface area contributed by atoms with Gasteiger partial charge in [0, 0.05) is 0 Å². The molecular formula is C16H18O2. The molecule has 0 saturated heterocycles. The van der Waals surface area contributed by atoms with E-state index < -0.39 is 11.9 Å². The molecule has 0 amide bonds. The van der Waals surface area contributed by atoms with Crippen LogP contribution in [0.25, 0.3) is 10.8 Å². The van der Waals surface area contributed by atoms with E-state index in [2.05, 4.69) is 32.0 Å². The number of hydrogen-bond donors (Lipinski definition) is 1. The fourth-order valence-corrected chi connectivity index (χ4v) is 2.05. The van der Waals surface area contributed by atoms with Gasteiger partial charge in [-0.1, -0.05) is 50.2 Å². The van der Waals surface area contributed by atoms with E-state index in [0.717, 1.165) is 10.9 Å². The molecular weight excluding hydrogens is 224 g/mol. The summed E-state index contributed by atoms with van der Waals surface area (Å²) in [5, 5.41) is 11.3. The average molecular weight is 242 g/mol. The van der Waals surface area contributed by atoms with Gasteiger partial charge in [0.15, 0.2) is 0 Å². The Balaban J connectivity index is 2.47. The van der Waals surface area contributed by atoms with Gasteiger partial charge < -0.3 is 5.11 Å². The van der Waals surface area contributed by atoms with Crippen LogP contribution in [0.4, 0.5) is 0 Å². The third kappa shape index (κ3) is 2.37. The second-order valence-electron chi connectivity index (χ2n) is 5.08. The summed E-state index contributed by atoms with van der Waals surface area (Å²) in [5.41, 5.74) is 2.16. The number of carboxylic acid groups (broad SMARTS) is 1. The van der Waals surface area contributed by atoms with Crippen molar-refractivity contribution in [3.05, 3.63) is 47.5 Å². The lowest BCUT2D eigenvalue weighted by Crippen LogP contribution is -2.07. The van der Waals surface area contributed by atoms with Gasteiger partial charge in [0.05, 0.1) is 5.92 Å². The summed E-state index contributed by atoms with van der Waals surface area (Å²) in [4.78, 5) is 11.0. The number of carboxylic acids is 1. The third-order valence-corrected chi connectivity index (χ3v) is 3.43. The zero-order valence-corrected chi connectivity index (χ0v) is 11.0. The predicted molar refractivity (Wildman–Crippen MR) is 74.1 cm³/mol. The van der Waals surface area contributed by atoms with Crippen molar-refractivity contribution in [3.8, 4) is 0 Å². The first-order valence-electron chi connectivity index (χ1n) is 6.25. The Kier molecular flexibility index (Phi) is 3.37. The van der Waals surface area contributed by atoms with Gasteiger partial charge in [0.25, 0.3) is 0 Å². The zero-order valence-electron chi connectivity index (χ0n) is 11.0. The van der Waals surface area contributed by atoms with Gasteiger partial charge in [-0.2, -0.15) is 0 Å². The summed E-state index contributed by atoms with van der Waals surface area (Å²) in [6.07, 6.45) is 0. The first kappa shape index (κ1) is 12.6. The molecule has 0 bridgehead atoms. The summed E-state index contributed by atoms with van der Waals surface area (Å²) in [7, 11) is 0. The third-order valence-electron chi connectivity index (χ3n) is 3.43. The Labute approximate surface area is 107 Å². The minimum absolute atomic E-state index is 0.459. The molecule has 0 aliphatic carbocycles. The Morgan fingerprint density at radius 3 is 1.94 bits per heavy atom. The van der Waals surface area contributed by atoms with Crippen molar-refractivity contribution in [2.24, 2.45) is 0 Å². The van der Waals surface area contributed by atoms with Crippen LogP contribution in [0.5, 0.6) is 0 Å². The van der Waals surface area contributed by atoms with Crippen LogP contribution in [0, 0.1) is 0 Å². The molecule has 0 radical (unpaired) electrons.